The molecule has 0 saturated carbocycles. The molecule has 1 aromatic heterocycles. The van der Waals surface area contributed by atoms with Crippen LogP contribution >= 0.6 is 0 Å². The number of methoxy groups -OCH3 is 1. The highest BCUT2D eigenvalue weighted by atomic mass is 16.5. The summed E-state index contributed by atoms with van der Waals surface area (Å²) in [6.07, 6.45) is 2.81. The van der Waals surface area contributed by atoms with Crippen LogP contribution < -0.4 is 0 Å². The molecule has 0 radical (unpaired) electrons. The van der Waals surface area contributed by atoms with Gasteiger partial charge in [-0.15, -0.1) is 0 Å². The second-order valence-corrected chi connectivity index (χ2v) is 4.33. The average Bonchev–Trinajstić information content (AvgIpc) is 2.39. The van der Waals surface area contributed by atoms with Gasteiger partial charge in [0, 0.05) is 25.1 Å². The minimum absolute atomic E-state index is 0.493. The Kier molecular flexibility index (Phi) is 4.07. The molecule has 0 saturated heterocycles. The summed E-state index contributed by atoms with van der Waals surface area (Å²) < 4.78 is 5.15. The van der Waals surface area contributed by atoms with Crippen molar-refractivity contribution in [1.82, 2.24) is 4.98 Å². The van der Waals surface area contributed by atoms with Crippen molar-refractivity contribution < 1.29 is 9.84 Å². The van der Waals surface area contributed by atoms with Gasteiger partial charge in [0.05, 0.1) is 6.61 Å². The average molecular weight is 243 g/mol. The Labute approximate surface area is 107 Å². The van der Waals surface area contributed by atoms with E-state index in [1.807, 2.05) is 37.3 Å². The van der Waals surface area contributed by atoms with Crippen molar-refractivity contribution in [2.45, 2.75) is 19.6 Å². The van der Waals surface area contributed by atoms with Gasteiger partial charge in [-0.2, -0.15) is 0 Å². The van der Waals surface area contributed by atoms with Crippen LogP contribution in [-0.2, 0) is 11.3 Å². The molecule has 3 nitrogen and oxygen atoms in total. The van der Waals surface area contributed by atoms with E-state index in [4.69, 9.17) is 4.74 Å². The fraction of sp³-hybridized carbons (Fsp3) is 0.267. The van der Waals surface area contributed by atoms with Gasteiger partial charge in [0.15, 0.2) is 0 Å². The summed E-state index contributed by atoms with van der Waals surface area (Å²) in [5.74, 6) is 0. The molecule has 1 unspecified atom stereocenters. The molecule has 2 rings (SSSR count). The summed E-state index contributed by atoms with van der Waals surface area (Å²) in [6.45, 7) is 2.46. The Bertz CT molecular complexity index is 525. The smallest absolute Gasteiger partial charge is 0.106 e. The molecule has 18 heavy (non-hydrogen) atoms. The molecule has 1 atom stereocenters. The molecule has 1 heterocycles. The van der Waals surface area contributed by atoms with Crippen molar-refractivity contribution in [1.29, 1.82) is 0 Å². The van der Waals surface area contributed by atoms with Gasteiger partial charge in [0.1, 0.15) is 6.10 Å². The maximum atomic E-state index is 10.4. The third-order valence-corrected chi connectivity index (χ3v) is 2.86. The number of aliphatic hydroxyl groups is 1. The van der Waals surface area contributed by atoms with Crippen LogP contribution in [0.1, 0.15) is 28.4 Å². The number of nitrogens with zero attached hydrogens (tertiary/aromatic N) is 1. The molecule has 1 aromatic carbocycles. The Balaban J connectivity index is 2.36. The van der Waals surface area contributed by atoms with E-state index >= 15 is 0 Å². The molecule has 0 bridgehead atoms. The molecule has 0 fully saturated rings. The minimum atomic E-state index is -0.663. The molecule has 2 aromatic rings. The van der Waals surface area contributed by atoms with E-state index in [-0.39, 0.29) is 0 Å². The van der Waals surface area contributed by atoms with Gasteiger partial charge in [-0.1, -0.05) is 30.3 Å². The second kappa shape index (κ2) is 5.76. The number of benzene rings is 1. The molecule has 3 heteroatoms. The minimum Gasteiger partial charge on any atom is -0.384 e. The van der Waals surface area contributed by atoms with Crippen LogP contribution in [0, 0.1) is 6.92 Å². The number of ether oxygens (including phenoxy) is 1. The van der Waals surface area contributed by atoms with E-state index < -0.39 is 6.10 Å². The molecule has 0 aliphatic heterocycles. The number of aryl methyl sites for hydroxylation is 1. The molecule has 94 valence electrons. The van der Waals surface area contributed by atoms with Gasteiger partial charge in [-0.3, -0.25) is 4.98 Å². The Hall–Kier alpha value is -1.71. The van der Waals surface area contributed by atoms with Crippen molar-refractivity contribution in [2.24, 2.45) is 0 Å². The van der Waals surface area contributed by atoms with E-state index in [1.165, 1.54) is 0 Å². The number of aliphatic hydroxyl groups excluding tert-OH is 1. The maximum absolute atomic E-state index is 10.4. The van der Waals surface area contributed by atoms with E-state index in [2.05, 4.69) is 4.98 Å². The molecule has 0 aliphatic rings. The van der Waals surface area contributed by atoms with E-state index in [1.54, 1.807) is 19.5 Å². The summed E-state index contributed by atoms with van der Waals surface area (Å²) in [6, 6.07) is 9.69. The number of rotatable bonds is 4. The van der Waals surface area contributed by atoms with Crippen LogP contribution in [0.15, 0.2) is 42.7 Å². The quantitative estimate of drug-likeness (QED) is 0.897. The number of hydrogen-bond acceptors (Lipinski definition) is 3. The first kappa shape index (κ1) is 12.7. The normalized spacial score (nSPS) is 12.4. The molecule has 0 spiro atoms. The Morgan fingerprint density at radius 2 is 2.06 bits per heavy atom. The first-order chi connectivity index (χ1) is 8.72. The lowest BCUT2D eigenvalue weighted by Crippen LogP contribution is -2.05. The lowest BCUT2D eigenvalue weighted by atomic mass is 9.97. The highest BCUT2D eigenvalue weighted by Crippen LogP contribution is 2.25. The van der Waals surface area contributed by atoms with Crippen molar-refractivity contribution in [3.05, 3.63) is 65.0 Å². The molecule has 0 aliphatic carbocycles. The first-order valence-corrected chi connectivity index (χ1v) is 5.88. The molecule has 0 amide bonds. The van der Waals surface area contributed by atoms with Crippen LogP contribution in [-0.4, -0.2) is 17.2 Å². The fourth-order valence-electron chi connectivity index (χ4n) is 2.00. The third kappa shape index (κ3) is 2.75. The van der Waals surface area contributed by atoms with Gasteiger partial charge in [-0.25, -0.2) is 0 Å². The predicted molar refractivity (Wildman–Crippen MR) is 70.2 cm³/mol. The zero-order valence-electron chi connectivity index (χ0n) is 10.6. The van der Waals surface area contributed by atoms with Gasteiger partial charge in [0.2, 0.25) is 0 Å². The van der Waals surface area contributed by atoms with Crippen molar-refractivity contribution in [3.8, 4) is 0 Å². The van der Waals surface area contributed by atoms with Crippen LogP contribution in [0.3, 0.4) is 0 Å². The van der Waals surface area contributed by atoms with Crippen molar-refractivity contribution >= 4 is 0 Å². The summed E-state index contributed by atoms with van der Waals surface area (Å²) in [7, 11) is 1.65. The van der Waals surface area contributed by atoms with Gasteiger partial charge in [0.25, 0.3) is 0 Å². The van der Waals surface area contributed by atoms with Gasteiger partial charge < -0.3 is 9.84 Å². The zero-order chi connectivity index (χ0) is 13.0. The number of pyridine rings is 1. The lowest BCUT2D eigenvalue weighted by molar-refractivity contribution is 0.176. The summed E-state index contributed by atoms with van der Waals surface area (Å²) in [4.78, 5) is 4.12. The zero-order valence-corrected chi connectivity index (χ0v) is 10.6. The molecular weight excluding hydrogens is 226 g/mol. The highest BCUT2D eigenvalue weighted by molar-refractivity contribution is 5.35. The number of hydrogen-bond donors (Lipinski definition) is 1. The van der Waals surface area contributed by atoms with Crippen LogP contribution in [0.25, 0.3) is 0 Å². The summed E-state index contributed by atoms with van der Waals surface area (Å²) in [5.41, 5.74) is 3.70. The van der Waals surface area contributed by atoms with Crippen molar-refractivity contribution in [3.63, 3.8) is 0 Å². The van der Waals surface area contributed by atoms with E-state index in [0.29, 0.717) is 6.61 Å². The topological polar surface area (TPSA) is 42.4 Å². The summed E-state index contributed by atoms with van der Waals surface area (Å²) >= 11 is 0. The third-order valence-electron chi connectivity index (χ3n) is 2.86. The fourth-order valence-corrected chi connectivity index (χ4v) is 2.00. The lowest BCUT2D eigenvalue weighted by Gasteiger charge is -2.15. The maximum Gasteiger partial charge on any atom is 0.106 e. The summed E-state index contributed by atoms with van der Waals surface area (Å²) in [5, 5.41) is 10.4. The molecule has 1 N–H and O–H groups in total. The van der Waals surface area contributed by atoms with Gasteiger partial charge >= 0.3 is 0 Å². The Morgan fingerprint density at radius 3 is 2.78 bits per heavy atom. The van der Waals surface area contributed by atoms with Crippen LogP contribution in [0.4, 0.5) is 0 Å². The van der Waals surface area contributed by atoms with Gasteiger partial charge in [-0.05, 0) is 23.6 Å². The predicted octanol–water partition coefficient (Wildman–Crippen LogP) is 2.62. The molecular formula is C15H17NO2. The first-order valence-electron chi connectivity index (χ1n) is 5.88. The van der Waals surface area contributed by atoms with Crippen LogP contribution in [0.5, 0.6) is 0 Å². The Morgan fingerprint density at radius 1 is 1.28 bits per heavy atom. The van der Waals surface area contributed by atoms with E-state index in [0.717, 1.165) is 22.3 Å². The highest BCUT2D eigenvalue weighted by Gasteiger charge is 2.14. The standard InChI is InChI=1S/C15H17NO2/c1-11-7-13(9-16-8-11)15(17)14-6-4-3-5-12(14)10-18-2/h3-9,15,17H,10H2,1-2H3. The van der Waals surface area contributed by atoms with E-state index in [9.17, 15) is 5.11 Å². The van der Waals surface area contributed by atoms with Crippen LogP contribution in [0.2, 0.25) is 0 Å². The largest absolute Gasteiger partial charge is 0.384 e. The second-order valence-electron chi connectivity index (χ2n) is 4.33. The number of aromatic nitrogens is 1. The van der Waals surface area contributed by atoms with Crippen molar-refractivity contribution in [2.75, 3.05) is 7.11 Å². The monoisotopic (exact) mass is 243 g/mol. The SMILES string of the molecule is COCc1ccccc1C(O)c1cncc(C)c1.